The molecular formula is C13H11BrO4. The highest BCUT2D eigenvalue weighted by atomic mass is 79.9. The molecule has 0 aliphatic rings. The van der Waals surface area contributed by atoms with E-state index < -0.39 is 5.63 Å². The van der Waals surface area contributed by atoms with Crippen LogP contribution in [0.15, 0.2) is 33.5 Å². The molecule has 18 heavy (non-hydrogen) atoms. The first kappa shape index (κ1) is 12.8. The molecule has 0 aliphatic carbocycles. The Labute approximate surface area is 112 Å². The Morgan fingerprint density at radius 3 is 2.89 bits per heavy atom. The van der Waals surface area contributed by atoms with E-state index in [0.29, 0.717) is 23.3 Å². The van der Waals surface area contributed by atoms with Crippen molar-refractivity contribution in [2.45, 2.75) is 6.92 Å². The lowest BCUT2D eigenvalue weighted by molar-refractivity contribution is 0.102. The average Bonchev–Trinajstić information content (AvgIpc) is 2.38. The van der Waals surface area contributed by atoms with Crippen molar-refractivity contribution in [3.05, 3.63) is 40.2 Å². The molecule has 4 nitrogen and oxygen atoms in total. The number of ketones is 1. The maximum absolute atomic E-state index is 11.7. The predicted molar refractivity (Wildman–Crippen MR) is 71.8 cm³/mol. The van der Waals surface area contributed by atoms with Gasteiger partial charge in [-0.05, 0) is 19.1 Å². The molecule has 2 aromatic rings. The zero-order valence-corrected chi connectivity index (χ0v) is 11.3. The molecule has 1 aromatic carbocycles. The van der Waals surface area contributed by atoms with E-state index in [0.717, 1.165) is 0 Å². The molecule has 0 saturated carbocycles. The van der Waals surface area contributed by atoms with E-state index in [1.54, 1.807) is 18.2 Å². The SMILES string of the molecule is CCOc1cccc2cc(C(=O)CBr)c(=O)oc12. The van der Waals surface area contributed by atoms with Gasteiger partial charge in [0.15, 0.2) is 17.1 Å². The van der Waals surface area contributed by atoms with Crippen molar-refractivity contribution in [1.29, 1.82) is 0 Å². The quantitative estimate of drug-likeness (QED) is 0.495. The number of benzene rings is 1. The highest BCUT2D eigenvalue weighted by Crippen LogP contribution is 2.25. The Morgan fingerprint density at radius 2 is 2.22 bits per heavy atom. The zero-order valence-electron chi connectivity index (χ0n) is 9.73. The van der Waals surface area contributed by atoms with Crippen LogP contribution in [0.4, 0.5) is 0 Å². The molecular weight excluding hydrogens is 300 g/mol. The highest BCUT2D eigenvalue weighted by molar-refractivity contribution is 9.09. The lowest BCUT2D eigenvalue weighted by Crippen LogP contribution is -2.14. The summed E-state index contributed by atoms with van der Waals surface area (Å²) in [5.41, 5.74) is -0.220. The molecule has 1 heterocycles. The summed E-state index contributed by atoms with van der Waals surface area (Å²) in [5, 5.41) is 0.763. The summed E-state index contributed by atoms with van der Waals surface area (Å²) in [4.78, 5) is 23.3. The first-order valence-corrected chi connectivity index (χ1v) is 6.58. The molecule has 0 saturated heterocycles. The first-order valence-electron chi connectivity index (χ1n) is 5.46. The van der Waals surface area contributed by atoms with Gasteiger partial charge in [0.1, 0.15) is 5.56 Å². The van der Waals surface area contributed by atoms with Gasteiger partial charge in [0.05, 0.1) is 11.9 Å². The smallest absolute Gasteiger partial charge is 0.347 e. The number of carbonyl (C=O) groups is 1. The van der Waals surface area contributed by atoms with Crippen molar-refractivity contribution in [3.8, 4) is 5.75 Å². The van der Waals surface area contributed by atoms with Gasteiger partial charge >= 0.3 is 5.63 Å². The summed E-state index contributed by atoms with van der Waals surface area (Å²) in [6.45, 7) is 2.32. The van der Waals surface area contributed by atoms with Crippen LogP contribution in [0.1, 0.15) is 17.3 Å². The van der Waals surface area contributed by atoms with Crippen LogP contribution >= 0.6 is 15.9 Å². The Morgan fingerprint density at radius 1 is 1.44 bits per heavy atom. The summed E-state index contributed by atoms with van der Waals surface area (Å²) >= 11 is 3.03. The molecule has 0 spiro atoms. The molecule has 5 heteroatoms. The number of hydrogen-bond donors (Lipinski definition) is 0. The van der Waals surface area contributed by atoms with E-state index in [2.05, 4.69) is 15.9 Å². The average molecular weight is 311 g/mol. The van der Waals surface area contributed by atoms with E-state index in [9.17, 15) is 9.59 Å². The number of Topliss-reactive ketones (excluding diaryl/α,β-unsaturated/α-hetero) is 1. The fourth-order valence-corrected chi connectivity index (χ4v) is 1.96. The number of fused-ring (bicyclic) bond motifs is 1. The zero-order chi connectivity index (χ0) is 13.1. The molecule has 0 radical (unpaired) electrons. The molecule has 0 fully saturated rings. The summed E-state index contributed by atoms with van der Waals surface area (Å²) < 4.78 is 10.6. The third kappa shape index (κ3) is 2.31. The lowest BCUT2D eigenvalue weighted by atomic mass is 10.1. The maximum Gasteiger partial charge on any atom is 0.347 e. The van der Waals surface area contributed by atoms with Gasteiger partial charge in [0.2, 0.25) is 0 Å². The van der Waals surface area contributed by atoms with Crippen LogP contribution in [0.25, 0.3) is 11.0 Å². The van der Waals surface area contributed by atoms with Crippen molar-refractivity contribution >= 4 is 32.7 Å². The third-order valence-corrected chi connectivity index (χ3v) is 2.95. The number of para-hydroxylation sites is 1. The minimum Gasteiger partial charge on any atom is -0.490 e. The van der Waals surface area contributed by atoms with Gasteiger partial charge in [-0.1, -0.05) is 28.1 Å². The van der Waals surface area contributed by atoms with E-state index in [4.69, 9.17) is 9.15 Å². The summed E-state index contributed by atoms with van der Waals surface area (Å²) in [6, 6.07) is 6.82. The fourth-order valence-electron chi connectivity index (χ4n) is 1.65. The van der Waals surface area contributed by atoms with Crippen LogP contribution in [-0.2, 0) is 0 Å². The van der Waals surface area contributed by atoms with Gasteiger partial charge in [0, 0.05) is 5.39 Å². The second-order valence-electron chi connectivity index (χ2n) is 3.61. The highest BCUT2D eigenvalue weighted by Gasteiger charge is 2.14. The second-order valence-corrected chi connectivity index (χ2v) is 4.17. The Kier molecular flexibility index (Phi) is 3.81. The van der Waals surface area contributed by atoms with Crippen LogP contribution in [-0.4, -0.2) is 17.7 Å². The Balaban J connectivity index is 2.67. The van der Waals surface area contributed by atoms with Crippen molar-refractivity contribution in [2.75, 3.05) is 11.9 Å². The Hall–Kier alpha value is -1.62. The van der Waals surface area contributed by atoms with E-state index in [1.807, 2.05) is 6.92 Å². The number of alkyl halides is 1. The standard InChI is InChI=1S/C13H11BrO4/c1-2-17-11-5-3-4-8-6-9(10(15)7-14)13(16)18-12(8)11/h3-6H,2,7H2,1H3. The molecule has 0 N–H and O–H groups in total. The molecule has 0 atom stereocenters. The number of halogens is 1. The van der Waals surface area contributed by atoms with Gasteiger partial charge in [-0.25, -0.2) is 4.79 Å². The fraction of sp³-hybridized carbons (Fsp3) is 0.231. The number of hydrogen-bond acceptors (Lipinski definition) is 4. The van der Waals surface area contributed by atoms with Crippen LogP contribution in [0.5, 0.6) is 5.75 Å². The van der Waals surface area contributed by atoms with Gasteiger partial charge in [-0.15, -0.1) is 0 Å². The predicted octanol–water partition coefficient (Wildman–Crippen LogP) is 2.77. The number of ether oxygens (including phenoxy) is 1. The number of carbonyl (C=O) groups excluding carboxylic acids is 1. The molecule has 94 valence electrons. The monoisotopic (exact) mass is 310 g/mol. The van der Waals surface area contributed by atoms with Gasteiger partial charge in [-0.3, -0.25) is 4.79 Å². The van der Waals surface area contributed by atoms with Crippen molar-refractivity contribution in [3.63, 3.8) is 0 Å². The summed E-state index contributed by atoms with van der Waals surface area (Å²) in [6.07, 6.45) is 0. The van der Waals surface area contributed by atoms with Crippen molar-refractivity contribution < 1.29 is 13.9 Å². The second kappa shape index (κ2) is 5.35. The molecule has 0 amide bonds. The van der Waals surface area contributed by atoms with Gasteiger partial charge in [0.25, 0.3) is 0 Å². The van der Waals surface area contributed by atoms with Gasteiger partial charge < -0.3 is 9.15 Å². The third-order valence-electron chi connectivity index (χ3n) is 2.45. The summed E-state index contributed by atoms with van der Waals surface area (Å²) in [7, 11) is 0. The van der Waals surface area contributed by atoms with Crippen molar-refractivity contribution in [1.82, 2.24) is 0 Å². The van der Waals surface area contributed by atoms with Crippen LogP contribution in [0.3, 0.4) is 0 Å². The molecule has 1 aromatic heterocycles. The van der Waals surface area contributed by atoms with Crippen LogP contribution < -0.4 is 10.4 Å². The van der Waals surface area contributed by atoms with Crippen LogP contribution in [0, 0.1) is 0 Å². The van der Waals surface area contributed by atoms with E-state index >= 15 is 0 Å². The van der Waals surface area contributed by atoms with Crippen molar-refractivity contribution in [2.24, 2.45) is 0 Å². The Bertz CT molecular complexity index is 645. The molecule has 2 rings (SSSR count). The summed E-state index contributed by atoms with van der Waals surface area (Å²) in [5.74, 6) is 0.206. The topological polar surface area (TPSA) is 56.5 Å². The molecule has 0 unspecified atom stereocenters. The molecule has 0 bridgehead atoms. The first-order chi connectivity index (χ1) is 8.67. The minimum absolute atomic E-state index is 0.0491. The molecule has 0 aliphatic heterocycles. The van der Waals surface area contributed by atoms with E-state index in [1.165, 1.54) is 6.07 Å². The maximum atomic E-state index is 11.7. The van der Waals surface area contributed by atoms with E-state index in [-0.39, 0.29) is 16.7 Å². The van der Waals surface area contributed by atoms with Gasteiger partial charge in [-0.2, -0.15) is 0 Å². The lowest BCUT2D eigenvalue weighted by Gasteiger charge is -2.06. The normalized spacial score (nSPS) is 10.6. The van der Waals surface area contributed by atoms with Crippen LogP contribution in [0.2, 0.25) is 0 Å². The largest absolute Gasteiger partial charge is 0.490 e. The minimum atomic E-state index is -0.640. The number of rotatable bonds is 4.